The zero-order valence-electron chi connectivity index (χ0n) is 8.74. The minimum absolute atomic E-state index is 0.00635. The molecule has 84 valence electrons. The van der Waals surface area contributed by atoms with Crippen molar-refractivity contribution in [3.63, 3.8) is 0 Å². The van der Waals surface area contributed by atoms with E-state index in [0.29, 0.717) is 13.2 Å². The summed E-state index contributed by atoms with van der Waals surface area (Å²) in [5.74, 6) is 1.68. The maximum Gasteiger partial charge on any atom is 0.133 e. The Balaban J connectivity index is 2.01. The van der Waals surface area contributed by atoms with Gasteiger partial charge in [0, 0.05) is 19.1 Å². The van der Waals surface area contributed by atoms with Gasteiger partial charge in [-0.3, -0.25) is 0 Å². The Morgan fingerprint density at radius 3 is 3.13 bits per heavy atom. The predicted molar refractivity (Wildman–Crippen MR) is 57.0 cm³/mol. The van der Waals surface area contributed by atoms with Crippen LogP contribution in [0.3, 0.4) is 0 Å². The van der Waals surface area contributed by atoms with Gasteiger partial charge in [-0.2, -0.15) is 0 Å². The predicted octanol–water partition coefficient (Wildman–Crippen LogP) is 2.88. The molecular formula is C11H15ClO3. The van der Waals surface area contributed by atoms with Crippen molar-refractivity contribution in [3.8, 4) is 0 Å². The molecule has 4 heteroatoms. The highest BCUT2D eigenvalue weighted by Crippen LogP contribution is 2.31. The smallest absolute Gasteiger partial charge is 0.133 e. The molecule has 2 unspecified atom stereocenters. The van der Waals surface area contributed by atoms with E-state index in [-0.39, 0.29) is 11.5 Å². The molecule has 1 fully saturated rings. The minimum Gasteiger partial charge on any atom is -0.461 e. The average Bonchev–Trinajstić information content (AvgIpc) is 2.67. The van der Waals surface area contributed by atoms with Gasteiger partial charge in [-0.1, -0.05) is 0 Å². The van der Waals surface area contributed by atoms with Gasteiger partial charge in [-0.25, -0.2) is 0 Å². The van der Waals surface area contributed by atoms with E-state index in [9.17, 15) is 0 Å². The van der Waals surface area contributed by atoms with Crippen LogP contribution < -0.4 is 0 Å². The quantitative estimate of drug-likeness (QED) is 0.749. The lowest BCUT2D eigenvalue weighted by Crippen LogP contribution is -2.19. The summed E-state index contributed by atoms with van der Waals surface area (Å²) in [6.07, 6.45) is 1.75. The lowest BCUT2D eigenvalue weighted by atomic mass is 10.1. The zero-order chi connectivity index (χ0) is 10.7. The van der Waals surface area contributed by atoms with Gasteiger partial charge in [0.05, 0.1) is 0 Å². The molecular weight excluding hydrogens is 216 g/mol. The van der Waals surface area contributed by atoms with Gasteiger partial charge in [0.2, 0.25) is 0 Å². The van der Waals surface area contributed by atoms with Crippen molar-refractivity contribution in [1.82, 2.24) is 0 Å². The van der Waals surface area contributed by atoms with Crippen LogP contribution in [0, 0.1) is 0 Å². The summed E-state index contributed by atoms with van der Waals surface area (Å²) >= 11 is 6.08. The lowest BCUT2D eigenvalue weighted by Gasteiger charge is -2.24. The second-order valence-electron chi connectivity index (χ2n) is 3.72. The number of methoxy groups -OCH3 is 1. The fourth-order valence-electron chi connectivity index (χ4n) is 1.74. The summed E-state index contributed by atoms with van der Waals surface area (Å²) in [5, 5.41) is 0.194. The van der Waals surface area contributed by atoms with Crippen LogP contribution in [-0.4, -0.2) is 19.1 Å². The maximum atomic E-state index is 6.08. The minimum atomic E-state index is 0.00635. The van der Waals surface area contributed by atoms with E-state index in [1.54, 1.807) is 7.11 Å². The molecule has 0 radical (unpaired) electrons. The van der Waals surface area contributed by atoms with Crippen molar-refractivity contribution in [2.75, 3.05) is 13.7 Å². The first-order chi connectivity index (χ1) is 7.29. The normalized spacial score (nSPS) is 26.8. The summed E-state index contributed by atoms with van der Waals surface area (Å²) in [5.41, 5.74) is 0. The van der Waals surface area contributed by atoms with E-state index in [4.69, 9.17) is 25.5 Å². The first-order valence-corrected chi connectivity index (χ1v) is 5.56. The molecule has 0 bridgehead atoms. The van der Waals surface area contributed by atoms with Crippen molar-refractivity contribution < 1.29 is 13.9 Å². The summed E-state index contributed by atoms with van der Waals surface area (Å²) in [6, 6.07) is 3.86. The van der Waals surface area contributed by atoms with Gasteiger partial charge in [-0.05, 0) is 25.0 Å². The highest BCUT2D eigenvalue weighted by Gasteiger charge is 2.24. The molecule has 0 N–H and O–H groups in total. The molecule has 15 heavy (non-hydrogen) atoms. The summed E-state index contributed by atoms with van der Waals surface area (Å²) in [7, 11) is 1.65. The summed E-state index contributed by atoms with van der Waals surface area (Å²) < 4.78 is 16.2. The van der Waals surface area contributed by atoms with Crippen molar-refractivity contribution in [2.45, 2.75) is 30.9 Å². The molecule has 1 aromatic rings. The maximum absolute atomic E-state index is 6.08. The van der Waals surface area contributed by atoms with Crippen LogP contribution in [0.2, 0.25) is 0 Å². The number of hydrogen-bond acceptors (Lipinski definition) is 3. The fourth-order valence-corrected chi connectivity index (χ4v) is 1.99. The van der Waals surface area contributed by atoms with E-state index < -0.39 is 0 Å². The van der Waals surface area contributed by atoms with Crippen molar-refractivity contribution >= 4 is 11.6 Å². The molecule has 0 saturated carbocycles. The highest BCUT2D eigenvalue weighted by atomic mass is 35.5. The van der Waals surface area contributed by atoms with Crippen LogP contribution in [0.4, 0.5) is 0 Å². The number of halogens is 1. The third-order valence-electron chi connectivity index (χ3n) is 2.51. The standard InChI is InChI=1S/C11H15ClO3/c1-13-7-9-2-3-10(15-9)11-6-8(12)4-5-14-11/h2-3,8,11H,4-7H2,1H3. The SMILES string of the molecule is COCc1ccc(C2CC(Cl)CCO2)o1. The van der Waals surface area contributed by atoms with Gasteiger partial charge in [-0.15, -0.1) is 11.6 Å². The van der Waals surface area contributed by atoms with Crippen LogP contribution >= 0.6 is 11.6 Å². The van der Waals surface area contributed by atoms with Gasteiger partial charge >= 0.3 is 0 Å². The molecule has 0 spiro atoms. The second kappa shape index (κ2) is 5.01. The Bertz CT molecular complexity index is 311. The van der Waals surface area contributed by atoms with Crippen molar-refractivity contribution in [1.29, 1.82) is 0 Å². The third-order valence-corrected chi connectivity index (χ3v) is 2.90. The Morgan fingerprint density at radius 1 is 1.53 bits per heavy atom. The Hall–Kier alpha value is -0.510. The second-order valence-corrected chi connectivity index (χ2v) is 4.34. The highest BCUT2D eigenvalue weighted by molar-refractivity contribution is 6.20. The molecule has 2 heterocycles. The average molecular weight is 231 g/mol. The Kier molecular flexibility index (Phi) is 3.67. The monoisotopic (exact) mass is 230 g/mol. The van der Waals surface area contributed by atoms with Crippen LogP contribution in [-0.2, 0) is 16.1 Å². The number of ether oxygens (including phenoxy) is 2. The van der Waals surface area contributed by atoms with Gasteiger partial charge in [0.25, 0.3) is 0 Å². The summed E-state index contributed by atoms with van der Waals surface area (Å²) in [6.45, 7) is 1.20. The first kappa shape index (κ1) is 11.0. The van der Waals surface area contributed by atoms with E-state index in [2.05, 4.69) is 0 Å². The third kappa shape index (κ3) is 2.74. The summed E-state index contributed by atoms with van der Waals surface area (Å²) in [4.78, 5) is 0. The topological polar surface area (TPSA) is 31.6 Å². The Labute approximate surface area is 94.3 Å². The fraction of sp³-hybridized carbons (Fsp3) is 0.636. The molecule has 1 aromatic heterocycles. The van der Waals surface area contributed by atoms with Gasteiger partial charge in [0.1, 0.15) is 24.2 Å². The number of furan rings is 1. The van der Waals surface area contributed by atoms with E-state index in [1.807, 2.05) is 12.1 Å². The lowest BCUT2D eigenvalue weighted by molar-refractivity contribution is 0.00206. The van der Waals surface area contributed by atoms with Crippen LogP contribution in [0.1, 0.15) is 30.5 Å². The molecule has 0 aliphatic carbocycles. The largest absolute Gasteiger partial charge is 0.461 e. The van der Waals surface area contributed by atoms with Gasteiger partial charge < -0.3 is 13.9 Å². The molecule has 1 saturated heterocycles. The van der Waals surface area contributed by atoms with Crippen LogP contribution in [0.25, 0.3) is 0 Å². The molecule has 2 rings (SSSR count). The Morgan fingerprint density at radius 2 is 2.40 bits per heavy atom. The van der Waals surface area contributed by atoms with E-state index >= 15 is 0 Å². The van der Waals surface area contributed by atoms with Crippen molar-refractivity contribution in [3.05, 3.63) is 23.7 Å². The van der Waals surface area contributed by atoms with Crippen LogP contribution in [0.15, 0.2) is 16.5 Å². The molecule has 3 nitrogen and oxygen atoms in total. The van der Waals surface area contributed by atoms with Crippen LogP contribution in [0.5, 0.6) is 0 Å². The molecule has 0 aromatic carbocycles. The first-order valence-electron chi connectivity index (χ1n) is 5.13. The molecule has 0 amide bonds. The number of hydrogen-bond donors (Lipinski definition) is 0. The molecule has 1 aliphatic rings. The number of rotatable bonds is 3. The zero-order valence-corrected chi connectivity index (χ0v) is 9.50. The molecule has 2 atom stereocenters. The van der Waals surface area contributed by atoms with E-state index in [1.165, 1.54) is 0 Å². The van der Waals surface area contributed by atoms with E-state index in [0.717, 1.165) is 24.4 Å². The van der Waals surface area contributed by atoms with Crippen molar-refractivity contribution in [2.24, 2.45) is 0 Å². The number of alkyl halides is 1. The molecule has 1 aliphatic heterocycles. The van der Waals surface area contributed by atoms with Gasteiger partial charge in [0.15, 0.2) is 0 Å².